The van der Waals surface area contributed by atoms with Crippen molar-refractivity contribution in [2.45, 2.75) is 17.8 Å². The largest absolute Gasteiger partial charge is 0.496 e. The molecule has 24 heavy (non-hydrogen) atoms. The number of ether oxygens (including phenoxy) is 1. The molecule has 4 nitrogen and oxygen atoms in total. The molecule has 124 valence electrons. The molecule has 6 heteroatoms. The van der Waals surface area contributed by atoms with Crippen molar-refractivity contribution in [3.8, 4) is 17.1 Å². The van der Waals surface area contributed by atoms with Gasteiger partial charge in [-0.05, 0) is 25.1 Å². The number of thioether (sulfide) groups is 1. The van der Waals surface area contributed by atoms with Crippen LogP contribution < -0.4 is 4.74 Å². The first-order chi connectivity index (χ1) is 11.6. The Balaban J connectivity index is 1.83. The van der Waals surface area contributed by atoms with Crippen LogP contribution in [0, 0.1) is 6.92 Å². The second-order valence-electron chi connectivity index (χ2n) is 5.45. The fourth-order valence-corrected chi connectivity index (χ4v) is 3.59. The zero-order chi connectivity index (χ0) is 17.1. The zero-order valence-electron chi connectivity index (χ0n) is 13.8. The average Bonchev–Trinajstić information content (AvgIpc) is 2.94. The number of methoxy groups -OCH3 is 1. The molecule has 0 bridgehead atoms. The smallest absolute Gasteiger partial charge is 0.191 e. The van der Waals surface area contributed by atoms with Crippen molar-refractivity contribution in [1.82, 2.24) is 14.8 Å². The van der Waals surface area contributed by atoms with Gasteiger partial charge in [0.1, 0.15) is 5.75 Å². The fraction of sp³-hybridized carbons (Fsp3) is 0.222. The van der Waals surface area contributed by atoms with Gasteiger partial charge in [-0.1, -0.05) is 53.2 Å². The molecule has 0 N–H and O–H groups in total. The van der Waals surface area contributed by atoms with E-state index in [1.165, 1.54) is 5.56 Å². The summed E-state index contributed by atoms with van der Waals surface area (Å²) in [6.45, 7) is 2.07. The van der Waals surface area contributed by atoms with Gasteiger partial charge in [-0.15, -0.1) is 10.2 Å². The van der Waals surface area contributed by atoms with Gasteiger partial charge < -0.3 is 9.30 Å². The van der Waals surface area contributed by atoms with Gasteiger partial charge in [0.05, 0.1) is 12.1 Å². The Morgan fingerprint density at radius 1 is 1.17 bits per heavy atom. The van der Waals surface area contributed by atoms with E-state index >= 15 is 0 Å². The summed E-state index contributed by atoms with van der Waals surface area (Å²) in [5.41, 5.74) is 3.24. The van der Waals surface area contributed by atoms with Crippen molar-refractivity contribution in [1.29, 1.82) is 0 Å². The predicted molar refractivity (Wildman–Crippen MR) is 98.7 cm³/mol. The summed E-state index contributed by atoms with van der Waals surface area (Å²) in [4.78, 5) is 0. The molecule has 0 saturated carbocycles. The van der Waals surface area contributed by atoms with Crippen LogP contribution in [0.5, 0.6) is 5.75 Å². The van der Waals surface area contributed by atoms with Gasteiger partial charge in [-0.2, -0.15) is 0 Å². The van der Waals surface area contributed by atoms with Gasteiger partial charge >= 0.3 is 0 Å². The molecule has 0 unspecified atom stereocenters. The number of aromatic nitrogens is 3. The molecule has 0 atom stereocenters. The topological polar surface area (TPSA) is 39.9 Å². The number of hydrogen-bond donors (Lipinski definition) is 0. The Hall–Kier alpha value is -1.98. The van der Waals surface area contributed by atoms with Crippen molar-refractivity contribution in [3.05, 3.63) is 58.6 Å². The Kier molecular flexibility index (Phi) is 5.11. The maximum Gasteiger partial charge on any atom is 0.191 e. The lowest BCUT2D eigenvalue weighted by Gasteiger charge is -2.09. The normalized spacial score (nSPS) is 10.8. The number of benzene rings is 2. The molecule has 0 spiro atoms. The number of rotatable bonds is 5. The lowest BCUT2D eigenvalue weighted by Crippen LogP contribution is -1.96. The fourth-order valence-electron chi connectivity index (χ4n) is 2.48. The van der Waals surface area contributed by atoms with Gasteiger partial charge in [0.15, 0.2) is 11.0 Å². The van der Waals surface area contributed by atoms with Crippen molar-refractivity contribution < 1.29 is 4.74 Å². The lowest BCUT2D eigenvalue weighted by atomic mass is 10.1. The molecule has 1 aromatic heterocycles. The Bertz CT molecular complexity index is 863. The van der Waals surface area contributed by atoms with Gasteiger partial charge in [-0.3, -0.25) is 0 Å². The zero-order valence-corrected chi connectivity index (χ0v) is 15.4. The van der Waals surface area contributed by atoms with Gasteiger partial charge in [0.2, 0.25) is 0 Å². The highest BCUT2D eigenvalue weighted by Crippen LogP contribution is 2.31. The van der Waals surface area contributed by atoms with Crippen LogP contribution in [0.15, 0.2) is 47.6 Å². The van der Waals surface area contributed by atoms with E-state index in [4.69, 9.17) is 16.3 Å². The molecule has 2 aromatic carbocycles. The number of aryl methyl sites for hydroxylation is 1. The SMILES string of the molecule is COc1ccc(C)cc1CSc1nnc(-c2ccccc2Cl)n1C. The third kappa shape index (κ3) is 3.42. The molecule has 0 aliphatic rings. The lowest BCUT2D eigenvalue weighted by molar-refractivity contribution is 0.411. The van der Waals surface area contributed by atoms with Crippen LogP contribution >= 0.6 is 23.4 Å². The van der Waals surface area contributed by atoms with Crippen molar-refractivity contribution in [2.24, 2.45) is 7.05 Å². The predicted octanol–water partition coefficient (Wildman–Crippen LogP) is 4.74. The van der Waals surface area contributed by atoms with Gasteiger partial charge in [-0.25, -0.2) is 0 Å². The molecule has 0 amide bonds. The third-order valence-electron chi connectivity index (χ3n) is 3.74. The van der Waals surface area contributed by atoms with E-state index in [9.17, 15) is 0 Å². The third-order valence-corrected chi connectivity index (χ3v) is 5.14. The van der Waals surface area contributed by atoms with E-state index in [0.717, 1.165) is 33.6 Å². The molecular formula is C18H18ClN3OS. The van der Waals surface area contributed by atoms with E-state index in [-0.39, 0.29) is 0 Å². The maximum absolute atomic E-state index is 6.27. The number of hydrogen-bond acceptors (Lipinski definition) is 4. The van der Waals surface area contributed by atoms with Crippen LogP contribution in [0.2, 0.25) is 5.02 Å². The molecular weight excluding hydrogens is 342 g/mol. The standard InChI is InChI=1S/C18H18ClN3OS/c1-12-8-9-16(23-3)13(10-12)11-24-18-21-20-17(22(18)2)14-6-4-5-7-15(14)19/h4-10H,11H2,1-3H3. The summed E-state index contributed by atoms with van der Waals surface area (Å²) in [5.74, 6) is 2.42. The summed E-state index contributed by atoms with van der Waals surface area (Å²) in [6, 6.07) is 13.8. The second kappa shape index (κ2) is 7.28. The van der Waals surface area contributed by atoms with Crippen LogP contribution in [-0.2, 0) is 12.8 Å². The summed E-state index contributed by atoms with van der Waals surface area (Å²) in [6.07, 6.45) is 0. The van der Waals surface area contributed by atoms with E-state index in [0.29, 0.717) is 5.02 Å². The van der Waals surface area contributed by atoms with Crippen LogP contribution in [0.25, 0.3) is 11.4 Å². The Labute approximate surface area is 150 Å². The van der Waals surface area contributed by atoms with E-state index in [1.54, 1.807) is 18.9 Å². The summed E-state index contributed by atoms with van der Waals surface area (Å²) < 4.78 is 7.40. The molecule has 0 fully saturated rings. The summed E-state index contributed by atoms with van der Waals surface area (Å²) in [5, 5.41) is 10.1. The van der Waals surface area contributed by atoms with Crippen LogP contribution in [0.3, 0.4) is 0 Å². The van der Waals surface area contributed by atoms with E-state index in [2.05, 4.69) is 23.2 Å². The minimum Gasteiger partial charge on any atom is -0.496 e. The Morgan fingerprint density at radius 2 is 1.96 bits per heavy atom. The maximum atomic E-state index is 6.27. The first kappa shape index (κ1) is 16.9. The quantitative estimate of drug-likeness (QED) is 0.616. The number of halogens is 1. The highest BCUT2D eigenvalue weighted by molar-refractivity contribution is 7.98. The molecule has 1 heterocycles. The van der Waals surface area contributed by atoms with Crippen molar-refractivity contribution in [2.75, 3.05) is 7.11 Å². The summed E-state index contributed by atoms with van der Waals surface area (Å²) in [7, 11) is 3.64. The first-order valence-corrected chi connectivity index (χ1v) is 8.87. The molecule has 0 radical (unpaired) electrons. The van der Waals surface area contributed by atoms with Gasteiger partial charge in [0.25, 0.3) is 0 Å². The van der Waals surface area contributed by atoms with E-state index in [1.807, 2.05) is 48.0 Å². The van der Waals surface area contributed by atoms with E-state index < -0.39 is 0 Å². The molecule has 0 aliphatic carbocycles. The molecule has 3 aromatic rings. The Morgan fingerprint density at radius 3 is 2.71 bits per heavy atom. The molecule has 0 aliphatic heterocycles. The molecule has 0 saturated heterocycles. The van der Waals surface area contributed by atoms with Crippen molar-refractivity contribution >= 4 is 23.4 Å². The summed E-state index contributed by atoms with van der Waals surface area (Å²) >= 11 is 7.89. The molecule has 3 rings (SSSR count). The van der Waals surface area contributed by atoms with Gasteiger partial charge in [0, 0.05) is 23.9 Å². The highest BCUT2D eigenvalue weighted by Gasteiger charge is 2.14. The van der Waals surface area contributed by atoms with Crippen LogP contribution in [0.4, 0.5) is 0 Å². The first-order valence-electron chi connectivity index (χ1n) is 7.50. The highest BCUT2D eigenvalue weighted by atomic mass is 35.5. The minimum atomic E-state index is 0.671. The van der Waals surface area contributed by atoms with Crippen LogP contribution in [0.1, 0.15) is 11.1 Å². The average molecular weight is 360 g/mol. The van der Waals surface area contributed by atoms with Crippen molar-refractivity contribution in [3.63, 3.8) is 0 Å². The minimum absolute atomic E-state index is 0.671. The number of nitrogens with zero attached hydrogens (tertiary/aromatic N) is 3. The second-order valence-corrected chi connectivity index (χ2v) is 6.80. The van der Waals surface area contributed by atoms with Crippen LogP contribution in [-0.4, -0.2) is 21.9 Å². The monoisotopic (exact) mass is 359 g/mol.